The maximum atomic E-state index is 9.63. The first kappa shape index (κ1) is 19.6. The van der Waals surface area contributed by atoms with Crippen LogP contribution in [0.15, 0.2) is 84.4 Å². The van der Waals surface area contributed by atoms with Gasteiger partial charge in [-0.1, -0.05) is 66.7 Å². The van der Waals surface area contributed by atoms with Crippen molar-refractivity contribution in [3.05, 3.63) is 101 Å². The van der Waals surface area contributed by atoms with E-state index < -0.39 is 0 Å². The van der Waals surface area contributed by atoms with Gasteiger partial charge >= 0.3 is 0 Å². The minimum atomic E-state index is 0.521. The van der Waals surface area contributed by atoms with Crippen LogP contribution in [-0.4, -0.2) is 4.98 Å². The fourth-order valence-electron chi connectivity index (χ4n) is 3.19. The molecular weight excluding hydrogens is 386 g/mol. The van der Waals surface area contributed by atoms with Crippen LogP contribution in [0.1, 0.15) is 16.1 Å². The lowest BCUT2D eigenvalue weighted by Gasteiger charge is -2.08. The fraction of sp³-hybridized carbons (Fsp3) is 0.0769. The molecule has 4 aromatic rings. The third-order valence-corrected chi connectivity index (χ3v) is 6.00. The molecule has 1 heterocycles. The van der Waals surface area contributed by atoms with E-state index in [1.54, 1.807) is 6.20 Å². The Morgan fingerprint density at radius 2 is 1.60 bits per heavy atom. The Kier molecular flexibility index (Phi) is 5.74. The molecule has 0 fully saturated rings. The first-order valence-corrected chi connectivity index (χ1v) is 10.6. The maximum absolute atomic E-state index is 9.63. The summed E-state index contributed by atoms with van der Waals surface area (Å²) in [7, 11) is 0. The first-order chi connectivity index (χ1) is 14.7. The van der Waals surface area contributed by atoms with Crippen LogP contribution < -0.4 is 5.32 Å². The molecule has 1 N–H and O–H groups in total. The number of thiazole rings is 1. The Morgan fingerprint density at radius 3 is 2.33 bits per heavy atom. The topological polar surface area (TPSA) is 48.7 Å². The SMILES string of the molecule is Cc1cccc(N/C=C(/C#N)c2nc(-c3ccc(-c4ccccc4)cc3)cs2)c1C. The van der Waals surface area contributed by atoms with Crippen LogP contribution in [-0.2, 0) is 0 Å². The highest BCUT2D eigenvalue weighted by molar-refractivity contribution is 7.11. The Morgan fingerprint density at radius 1 is 0.900 bits per heavy atom. The molecule has 0 aliphatic rings. The molecule has 0 amide bonds. The minimum Gasteiger partial charge on any atom is -0.360 e. The summed E-state index contributed by atoms with van der Waals surface area (Å²) in [4.78, 5) is 4.69. The van der Waals surface area contributed by atoms with Crippen LogP contribution >= 0.6 is 11.3 Å². The monoisotopic (exact) mass is 407 g/mol. The van der Waals surface area contributed by atoms with Crippen molar-refractivity contribution in [1.29, 1.82) is 5.26 Å². The molecule has 1 aromatic heterocycles. The number of rotatable bonds is 5. The van der Waals surface area contributed by atoms with Crippen LogP contribution in [0.4, 0.5) is 5.69 Å². The van der Waals surface area contributed by atoms with Crippen LogP contribution in [0, 0.1) is 25.2 Å². The molecular formula is C26H21N3S. The molecule has 0 atom stereocenters. The second-order valence-electron chi connectivity index (χ2n) is 7.04. The molecule has 0 saturated carbocycles. The summed E-state index contributed by atoms with van der Waals surface area (Å²) in [6.45, 7) is 4.14. The van der Waals surface area contributed by atoms with Gasteiger partial charge in [-0.15, -0.1) is 11.3 Å². The second-order valence-corrected chi connectivity index (χ2v) is 7.90. The van der Waals surface area contributed by atoms with E-state index in [2.05, 4.69) is 67.7 Å². The highest BCUT2D eigenvalue weighted by Crippen LogP contribution is 2.28. The predicted octanol–water partition coefficient (Wildman–Crippen LogP) is 7.07. The van der Waals surface area contributed by atoms with Gasteiger partial charge in [0.15, 0.2) is 0 Å². The van der Waals surface area contributed by atoms with Crippen molar-refractivity contribution >= 4 is 22.6 Å². The van der Waals surface area contributed by atoms with Crippen molar-refractivity contribution in [3.63, 3.8) is 0 Å². The average molecular weight is 408 g/mol. The third kappa shape index (κ3) is 4.17. The lowest BCUT2D eigenvalue weighted by molar-refractivity contribution is 1.33. The van der Waals surface area contributed by atoms with Crippen molar-refractivity contribution < 1.29 is 0 Å². The highest BCUT2D eigenvalue weighted by atomic mass is 32.1. The zero-order chi connectivity index (χ0) is 20.9. The largest absolute Gasteiger partial charge is 0.360 e. The number of allylic oxidation sites excluding steroid dienone is 1. The molecule has 0 aliphatic heterocycles. The predicted molar refractivity (Wildman–Crippen MR) is 126 cm³/mol. The number of nitrogens with zero attached hydrogens (tertiary/aromatic N) is 2. The van der Waals surface area contributed by atoms with Gasteiger partial charge in [0.1, 0.15) is 16.6 Å². The molecule has 146 valence electrons. The number of nitrogens with one attached hydrogen (secondary N) is 1. The van der Waals surface area contributed by atoms with Crippen molar-refractivity contribution in [2.24, 2.45) is 0 Å². The van der Waals surface area contributed by atoms with E-state index in [1.165, 1.54) is 33.6 Å². The maximum Gasteiger partial charge on any atom is 0.136 e. The normalized spacial score (nSPS) is 11.2. The molecule has 0 radical (unpaired) electrons. The van der Waals surface area contributed by atoms with Gasteiger partial charge in [0.2, 0.25) is 0 Å². The van der Waals surface area contributed by atoms with Crippen molar-refractivity contribution in [2.75, 3.05) is 5.32 Å². The highest BCUT2D eigenvalue weighted by Gasteiger charge is 2.10. The Labute approximate surface area is 181 Å². The van der Waals surface area contributed by atoms with E-state index in [0.717, 1.165) is 16.9 Å². The van der Waals surface area contributed by atoms with Crippen molar-refractivity contribution in [1.82, 2.24) is 4.98 Å². The lowest BCUT2D eigenvalue weighted by Crippen LogP contribution is -1.95. The Hall–Kier alpha value is -3.68. The fourth-order valence-corrected chi connectivity index (χ4v) is 3.99. The number of aromatic nitrogens is 1. The second kappa shape index (κ2) is 8.77. The number of nitriles is 1. The molecule has 3 nitrogen and oxygen atoms in total. The summed E-state index contributed by atoms with van der Waals surface area (Å²) in [5.74, 6) is 0. The van der Waals surface area contributed by atoms with Crippen LogP contribution in [0.25, 0.3) is 28.0 Å². The molecule has 30 heavy (non-hydrogen) atoms. The molecule has 0 aliphatic carbocycles. The minimum absolute atomic E-state index is 0.521. The van der Waals surface area contributed by atoms with Crippen LogP contribution in [0.2, 0.25) is 0 Å². The molecule has 4 heteroatoms. The number of anilines is 1. The van der Waals surface area contributed by atoms with Gasteiger partial charge in [0.25, 0.3) is 0 Å². The summed E-state index contributed by atoms with van der Waals surface area (Å²) >= 11 is 1.48. The van der Waals surface area contributed by atoms with Crippen LogP contribution in [0.3, 0.4) is 0 Å². The van der Waals surface area contributed by atoms with E-state index in [4.69, 9.17) is 4.98 Å². The number of hydrogen-bond acceptors (Lipinski definition) is 4. The van der Waals surface area contributed by atoms with Gasteiger partial charge in [0.05, 0.1) is 5.69 Å². The number of aryl methyl sites for hydroxylation is 1. The average Bonchev–Trinajstić information content (AvgIpc) is 3.28. The zero-order valence-electron chi connectivity index (χ0n) is 16.9. The quantitative estimate of drug-likeness (QED) is 0.360. The Bertz CT molecular complexity index is 1230. The summed E-state index contributed by atoms with van der Waals surface area (Å²) in [6.07, 6.45) is 1.74. The number of benzene rings is 3. The summed E-state index contributed by atoms with van der Waals surface area (Å²) in [5, 5.41) is 15.6. The zero-order valence-corrected chi connectivity index (χ0v) is 17.7. The molecule has 3 aromatic carbocycles. The van der Waals surface area contributed by atoms with Gasteiger partial charge in [0, 0.05) is 22.8 Å². The van der Waals surface area contributed by atoms with Gasteiger partial charge in [-0.3, -0.25) is 0 Å². The van der Waals surface area contributed by atoms with E-state index in [-0.39, 0.29) is 0 Å². The molecule has 0 saturated heterocycles. The standard InChI is InChI=1S/C26H21N3S/c1-18-7-6-10-24(19(18)2)28-16-23(15-27)26-29-25(17-30-26)22-13-11-21(12-14-22)20-8-4-3-5-9-20/h3-14,16-17,28H,1-2H3/b23-16-. The van der Waals surface area contributed by atoms with Gasteiger partial charge in [-0.25, -0.2) is 4.98 Å². The van der Waals surface area contributed by atoms with E-state index in [0.29, 0.717) is 10.6 Å². The van der Waals surface area contributed by atoms with E-state index in [1.807, 2.05) is 35.7 Å². The van der Waals surface area contributed by atoms with Crippen molar-refractivity contribution in [3.8, 4) is 28.5 Å². The van der Waals surface area contributed by atoms with Gasteiger partial charge in [-0.2, -0.15) is 5.26 Å². The lowest BCUT2D eigenvalue weighted by atomic mass is 10.0. The summed E-state index contributed by atoms with van der Waals surface area (Å²) in [5.41, 5.74) is 8.18. The third-order valence-electron chi connectivity index (χ3n) is 5.12. The van der Waals surface area contributed by atoms with E-state index in [9.17, 15) is 5.26 Å². The smallest absolute Gasteiger partial charge is 0.136 e. The molecule has 0 bridgehead atoms. The van der Waals surface area contributed by atoms with Crippen LogP contribution in [0.5, 0.6) is 0 Å². The van der Waals surface area contributed by atoms with Gasteiger partial charge < -0.3 is 5.32 Å². The first-order valence-electron chi connectivity index (χ1n) is 9.70. The summed E-state index contributed by atoms with van der Waals surface area (Å²) in [6, 6.07) is 27.0. The molecule has 4 rings (SSSR count). The summed E-state index contributed by atoms with van der Waals surface area (Å²) < 4.78 is 0. The van der Waals surface area contributed by atoms with E-state index >= 15 is 0 Å². The van der Waals surface area contributed by atoms with Gasteiger partial charge in [-0.05, 0) is 42.2 Å². The molecule has 0 spiro atoms. The van der Waals surface area contributed by atoms with Crippen molar-refractivity contribution in [2.45, 2.75) is 13.8 Å². The number of hydrogen-bond donors (Lipinski definition) is 1. The molecule has 0 unspecified atom stereocenters. The Balaban J connectivity index is 1.55.